The Morgan fingerprint density at radius 2 is 1.88 bits per heavy atom. The van der Waals surface area contributed by atoms with Crippen LogP contribution < -0.4 is 5.32 Å². The molecule has 0 unspecified atom stereocenters. The van der Waals surface area contributed by atoms with Gasteiger partial charge < -0.3 is 15.3 Å². The zero-order valence-electron chi connectivity index (χ0n) is 15.9. The lowest BCUT2D eigenvalue weighted by Gasteiger charge is -2.49. The van der Waals surface area contributed by atoms with Gasteiger partial charge in [0.15, 0.2) is 0 Å². The normalized spacial score (nSPS) is 27.0. The topological polar surface area (TPSA) is 69.6 Å². The Labute approximate surface area is 150 Å². The fourth-order valence-electron chi connectivity index (χ4n) is 3.47. The second-order valence-corrected chi connectivity index (χ2v) is 8.47. The van der Waals surface area contributed by atoms with Crippen molar-refractivity contribution in [2.24, 2.45) is 5.41 Å². The van der Waals surface area contributed by atoms with Gasteiger partial charge in [-0.2, -0.15) is 0 Å². The summed E-state index contributed by atoms with van der Waals surface area (Å²) in [4.78, 5) is 26.5. The van der Waals surface area contributed by atoms with Gasteiger partial charge in [-0.3, -0.25) is 9.59 Å². The van der Waals surface area contributed by atoms with Gasteiger partial charge in [0.05, 0.1) is 17.7 Å². The Hall–Kier alpha value is -1.88. The molecule has 2 amide bonds. The van der Waals surface area contributed by atoms with Crippen molar-refractivity contribution in [3.05, 3.63) is 35.9 Å². The van der Waals surface area contributed by atoms with E-state index in [4.69, 9.17) is 0 Å². The number of amides is 2. The van der Waals surface area contributed by atoms with Crippen molar-refractivity contribution < 1.29 is 14.7 Å². The number of carbonyl (C=O) groups excluding carboxylic acids is 2. The predicted molar refractivity (Wildman–Crippen MR) is 97.8 cm³/mol. The highest BCUT2D eigenvalue weighted by molar-refractivity contribution is 5.78. The van der Waals surface area contributed by atoms with Gasteiger partial charge in [0, 0.05) is 19.9 Å². The lowest BCUT2D eigenvalue weighted by Crippen LogP contribution is -2.63. The molecule has 5 nitrogen and oxygen atoms in total. The van der Waals surface area contributed by atoms with Crippen LogP contribution in [0.1, 0.15) is 59.1 Å². The summed E-state index contributed by atoms with van der Waals surface area (Å²) in [6, 6.07) is 8.69. The molecule has 0 aliphatic carbocycles. The number of benzene rings is 1. The number of hydrogen-bond donors (Lipinski definition) is 2. The standard InChI is InChI=1S/C20H30N2O3/c1-14(23)21-18-17(15-9-7-6-8-10-15)22(12-11-20(18,5)25)16(24)13-19(2,3)4/h6-10,17-18,25H,11-13H2,1-5H3,(H,21,23)/t17-,18-,20+/m0/s1. The highest BCUT2D eigenvalue weighted by Gasteiger charge is 2.47. The second kappa shape index (κ2) is 7.16. The zero-order valence-corrected chi connectivity index (χ0v) is 15.9. The number of nitrogens with one attached hydrogen (secondary N) is 1. The van der Waals surface area contributed by atoms with Crippen LogP contribution in [0.3, 0.4) is 0 Å². The number of carbonyl (C=O) groups is 2. The molecule has 1 aliphatic heterocycles. The largest absolute Gasteiger partial charge is 0.388 e. The summed E-state index contributed by atoms with van der Waals surface area (Å²) >= 11 is 0. The molecule has 0 aromatic heterocycles. The van der Waals surface area contributed by atoms with Crippen molar-refractivity contribution >= 4 is 11.8 Å². The molecule has 1 heterocycles. The average molecular weight is 346 g/mol. The van der Waals surface area contributed by atoms with Gasteiger partial charge in [-0.15, -0.1) is 0 Å². The molecule has 138 valence electrons. The summed E-state index contributed by atoms with van der Waals surface area (Å²) in [5.74, 6) is -0.163. The summed E-state index contributed by atoms with van der Waals surface area (Å²) in [5.41, 5.74) is -0.282. The molecule has 5 heteroatoms. The van der Waals surface area contributed by atoms with Crippen molar-refractivity contribution in [1.29, 1.82) is 0 Å². The molecule has 0 bridgehead atoms. The van der Waals surface area contributed by atoms with Crippen LogP contribution in [0.4, 0.5) is 0 Å². The lowest BCUT2D eigenvalue weighted by atomic mass is 9.79. The molecule has 0 spiro atoms. The van der Waals surface area contributed by atoms with Gasteiger partial charge in [0.2, 0.25) is 11.8 Å². The molecule has 1 fully saturated rings. The summed E-state index contributed by atoms with van der Waals surface area (Å²) in [6.07, 6.45) is 0.850. The minimum atomic E-state index is -1.08. The summed E-state index contributed by atoms with van der Waals surface area (Å²) in [7, 11) is 0. The Bertz CT molecular complexity index is 620. The molecule has 1 aliphatic rings. The van der Waals surface area contributed by atoms with E-state index in [1.54, 1.807) is 6.92 Å². The molecular weight excluding hydrogens is 316 g/mol. The van der Waals surface area contributed by atoms with Gasteiger partial charge in [0.25, 0.3) is 0 Å². The molecule has 0 radical (unpaired) electrons. The zero-order chi connectivity index (χ0) is 18.8. The van der Waals surface area contributed by atoms with Crippen LogP contribution >= 0.6 is 0 Å². The number of aliphatic hydroxyl groups is 1. The molecule has 25 heavy (non-hydrogen) atoms. The second-order valence-electron chi connectivity index (χ2n) is 8.47. The first-order chi connectivity index (χ1) is 11.5. The fourth-order valence-corrected chi connectivity index (χ4v) is 3.47. The minimum Gasteiger partial charge on any atom is -0.388 e. The minimum absolute atomic E-state index is 0.0483. The maximum atomic E-state index is 13.0. The molecule has 0 saturated carbocycles. The van der Waals surface area contributed by atoms with Crippen LogP contribution in [0.25, 0.3) is 0 Å². The van der Waals surface area contributed by atoms with Crippen molar-refractivity contribution in [3.8, 4) is 0 Å². The van der Waals surface area contributed by atoms with Gasteiger partial charge >= 0.3 is 0 Å². The number of piperidine rings is 1. The van der Waals surface area contributed by atoms with E-state index in [0.29, 0.717) is 19.4 Å². The van der Waals surface area contributed by atoms with E-state index in [1.807, 2.05) is 56.0 Å². The van der Waals surface area contributed by atoms with Crippen molar-refractivity contribution in [2.75, 3.05) is 6.54 Å². The smallest absolute Gasteiger partial charge is 0.223 e. The SMILES string of the molecule is CC(=O)N[C@H]1[C@H](c2ccccc2)N(C(=O)CC(C)(C)C)CC[C@@]1(C)O. The highest BCUT2D eigenvalue weighted by atomic mass is 16.3. The van der Waals surface area contributed by atoms with Crippen LogP contribution in [0.5, 0.6) is 0 Å². The summed E-state index contributed by atoms with van der Waals surface area (Å²) in [6.45, 7) is 9.75. The third kappa shape index (κ3) is 4.82. The van der Waals surface area contributed by atoms with Gasteiger partial charge in [0.1, 0.15) is 0 Å². The fraction of sp³-hybridized carbons (Fsp3) is 0.600. The molecular formula is C20H30N2O3. The number of likely N-dealkylation sites (tertiary alicyclic amines) is 1. The number of hydrogen-bond acceptors (Lipinski definition) is 3. The first kappa shape index (κ1) is 19.4. The summed E-state index contributed by atoms with van der Waals surface area (Å²) in [5, 5.41) is 13.8. The first-order valence-corrected chi connectivity index (χ1v) is 8.85. The van der Waals surface area contributed by atoms with E-state index in [-0.39, 0.29) is 23.3 Å². The number of rotatable bonds is 3. The Morgan fingerprint density at radius 3 is 2.40 bits per heavy atom. The summed E-state index contributed by atoms with van der Waals surface area (Å²) < 4.78 is 0. The maximum absolute atomic E-state index is 13.0. The molecule has 2 N–H and O–H groups in total. The van der Waals surface area contributed by atoms with E-state index in [0.717, 1.165) is 5.56 Å². The van der Waals surface area contributed by atoms with E-state index in [1.165, 1.54) is 6.92 Å². The van der Waals surface area contributed by atoms with Crippen LogP contribution in [0.15, 0.2) is 30.3 Å². The monoisotopic (exact) mass is 346 g/mol. The first-order valence-electron chi connectivity index (χ1n) is 8.85. The average Bonchev–Trinajstić information content (AvgIpc) is 2.47. The highest BCUT2D eigenvalue weighted by Crippen LogP contribution is 2.38. The Morgan fingerprint density at radius 1 is 1.28 bits per heavy atom. The third-order valence-electron chi connectivity index (χ3n) is 4.68. The van der Waals surface area contributed by atoms with Crippen molar-refractivity contribution in [3.63, 3.8) is 0 Å². The Kier molecular flexibility index (Phi) is 5.57. The van der Waals surface area contributed by atoms with E-state index in [9.17, 15) is 14.7 Å². The Balaban J connectivity index is 2.44. The van der Waals surface area contributed by atoms with Crippen LogP contribution in [-0.4, -0.2) is 40.0 Å². The molecule has 3 atom stereocenters. The van der Waals surface area contributed by atoms with Crippen LogP contribution in [0, 0.1) is 5.41 Å². The van der Waals surface area contributed by atoms with Crippen molar-refractivity contribution in [2.45, 2.75) is 65.1 Å². The maximum Gasteiger partial charge on any atom is 0.223 e. The van der Waals surface area contributed by atoms with Gasteiger partial charge in [-0.05, 0) is 24.3 Å². The predicted octanol–water partition coefficient (Wildman–Crippen LogP) is 2.65. The van der Waals surface area contributed by atoms with Crippen molar-refractivity contribution in [1.82, 2.24) is 10.2 Å². The van der Waals surface area contributed by atoms with Gasteiger partial charge in [-0.1, -0.05) is 51.1 Å². The van der Waals surface area contributed by atoms with E-state index in [2.05, 4.69) is 5.32 Å². The molecule has 1 aromatic rings. The van der Waals surface area contributed by atoms with E-state index < -0.39 is 11.6 Å². The molecule has 2 rings (SSSR count). The third-order valence-corrected chi connectivity index (χ3v) is 4.68. The van der Waals surface area contributed by atoms with Crippen LogP contribution in [-0.2, 0) is 9.59 Å². The molecule has 1 aromatic carbocycles. The number of nitrogens with zero attached hydrogens (tertiary/aromatic N) is 1. The lowest BCUT2D eigenvalue weighted by molar-refractivity contribution is -0.147. The van der Waals surface area contributed by atoms with Gasteiger partial charge in [-0.25, -0.2) is 0 Å². The van der Waals surface area contributed by atoms with E-state index >= 15 is 0 Å². The quantitative estimate of drug-likeness (QED) is 0.884. The molecule has 1 saturated heterocycles. The van der Waals surface area contributed by atoms with Crippen LogP contribution in [0.2, 0.25) is 0 Å².